The summed E-state index contributed by atoms with van der Waals surface area (Å²) in [4.78, 5) is 49.9. The Morgan fingerprint density at radius 3 is 2.71 bits per heavy atom. The number of esters is 1. The van der Waals surface area contributed by atoms with Gasteiger partial charge in [-0.2, -0.15) is 10.2 Å². The molecule has 0 bridgehead atoms. The van der Waals surface area contributed by atoms with Crippen LogP contribution >= 0.6 is 0 Å². The maximum Gasteiger partial charge on any atom is 0.333 e. The van der Waals surface area contributed by atoms with Crippen LogP contribution in [0.25, 0.3) is 11.2 Å². The Morgan fingerprint density at radius 1 is 1.29 bits per heavy atom. The molecule has 0 radical (unpaired) electrons. The summed E-state index contributed by atoms with van der Waals surface area (Å²) in [7, 11) is 1.23. The number of fused-ring (bicyclic) bond motifs is 1. The Balaban J connectivity index is 1.93. The van der Waals surface area contributed by atoms with Crippen LogP contribution in [0.3, 0.4) is 0 Å². The minimum atomic E-state index is -0.697. The number of methoxy groups -OCH3 is 1. The molecular formula is C22H26N8O4. The molecule has 4 heterocycles. The molecule has 1 unspecified atom stereocenters. The number of aromatic nitrogens is 5. The number of hydrogen-bond acceptors (Lipinski definition) is 9. The summed E-state index contributed by atoms with van der Waals surface area (Å²) in [5.41, 5.74) is 6.06. The van der Waals surface area contributed by atoms with E-state index in [4.69, 9.17) is 15.7 Å². The van der Waals surface area contributed by atoms with Crippen LogP contribution in [0.1, 0.15) is 31.0 Å². The first-order valence-corrected chi connectivity index (χ1v) is 11.0. The highest BCUT2D eigenvalue weighted by molar-refractivity contribution is 5.77. The molecule has 3 aromatic heterocycles. The molecule has 1 fully saturated rings. The first-order chi connectivity index (χ1) is 16.4. The molecule has 12 nitrogen and oxygen atoms in total. The number of hydrogen-bond donors (Lipinski definition) is 1. The number of carbonyl (C=O) groups is 1. The van der Waals surface area contributed by atoms with Crippen molar-refractivity contribution in [3.05, 3.63) is 50.4 Å². The third kappa shape index (κ3) is 4.17. The summed E-state index contributed by atoms with van der Waals surface area (Å²) < 4.78 is 8.72. The smallest absolute Gasteiger partial charge is 0.333 e. The van der Waals surface area contributed by atoms with E-state index in [0.717, 1.165) is 28.5 Å². The number of carbonyl (C=O) groups excluding carboxylic acids is 1. The number of ether oxygens (including phenoxy) is 1. The molecule has 1 atom stereocenters. The quantitative estimate of drug-likeness (QED) is 0.486. The second-order valence-electron chi connectivity index (χ2n) is 8.16. The van der Waals surface area contributed by atoms with Crippen molar-refractivity contribution in [2.24, 2.45) is 5.73 Å². The number of imidazole rings is 1. The zero-order valence-corrected chi connectivity index (χ0v) is 19.1. The summed E-state index contributed by atoms with van der Waals surface area (Å²) in [6.07, 6.45) is 3.16. The highest BCUT2D eigenvalue weighted by Gasteiger charge is 2.27. The minimum Gasteiger partial charge on any atom is -0.468 e. The first kappa shape index (κ1) is 23.2. The zero-order valence-electron chi connectivity index (χ0n) is 19.1. The molecule has 2 N–H and O–H groups in total. The predicted octanol–water partition coefficient (Wildman–Crippen LogP) is -0.205. The summed E-state index contributed by atoms with van der Waals surface area (Å²) >= 11 is 0. The fourth-order valence-corrected chi connectivity index (χ4v) is 4.23. The largest absolute Gasteiger partial charge is 0.468 e. The third-order valence-electron chi connectivity index (χ3n) is 5.94. The van der Waals surface area contributed by atoms with E-state index in [9.17, 15) is 14.4 Å². The van der Waals surface area contributed by atoms with Crippen molar-refractivity contribution in [3.63, 3.8) is 0 Å². The van der Waals surface area contributed by atoms with Gasteiger partial charge >= 0.3 is 11.7 Å². The number of nitrogens with zero attached hydrogens (tertiary/aromatic N) is 7. The average molecular weight is 467 g/mol. The Labute approximate surface area is 194 Å². The summed E-state index contributed by atoms with van der Waals surface area (Å²) in [5, 5.41) is 8.99. The monoisotopic (exact) mass is 466 g/mol. The lowest BCUT2D eigenvalue weighted by Gasteiger charge is -2.31. The van der Waals surface area contributed by atoms with Crippen molar-refractivity contribution in [2.75, 3.05) is 25.1 Å². The van der Waals surface area contributed by atoms with Gasteiger partial charge in [0, 0.05) is 31.9 Å². The molecule has 0 aromatic carbocycles. The summed E-state index contributed by atoms with van der Waals surface area (Å²) in [6, 6.07) is 5.11. The SMILES string of the molecule is CCn1c(N2CCCC(N)C2)nc2c1c(=O)n(Cc1ccc(C#N)cn1)c(=O)n2CC(=O)OC. The molecule has 0 spiro atoms. The molecule has 1 aliphatic rings. The molecule has 0 amide bonds. The maximum atomic E-state index is 13.6. The molecule has 3 aromatic rings. The van der Waals surface area contributed by atoms with Gasteiger partial charge in [-0.15, -0.1) is 0 Å². The van der Waals surface area contributed by atoms with E-state index in [2.05, 4.69) is 9.97 Å². The van der Waals surface area contributed by atoms with Crippen molar-refractivity contribution in [1.29, 1.82) is 5.26 Å². The van der Waals surface area contributed by atoms with Gasteiger partial charge in [-0.05, 0) is 31.9 Å². The lowest BCUT2D eigenvalue weighted by molar-refractivity contribution is -0.141. The number of pyridine rings is 1. The van der Waals surface area contributed by atoms with E-state index in [0.29, 0.717) is 30.3 Å². The van der Waals surface area contributed by atoms with Crippen LogP contribution in [0.15, 0.2) is 27.9 Å². The minimum absolute atomic E-state index is 0.0183. The van der Waals surface area contributed by atoms with E-state index >= 15 is 0 Å². The number of nitrogens with two attached hydrogens (primary N) is 1. The normalized spacial score (nSPS) is 15.9. The lowest BCUT2D eigenvalue weighted by Crippen LogP contribution is -2.44. The molecule has 1 saturated heterocycles. The van der Waals surface area contributed by atoms with Crippen LogP contribution in [0.2, 0.25) is 0 Å². The average Bonchev–Trinajstić information content (AvgIpc) is 3.24. The van der Waals surface area contributed by atoms with Gasteiger partial charge in [0.25, 0.3) is 5.56 Å². The standard InChI is InChI=1S/C22H26N8O4/c1-3-28-18-19(26-21(28)27-8-4-5-15(24)11-27)29(13-17(31)34-2)22(33)30(20(18)32)12-16-7-6-14(9-23)10-25-16/h6-7,10,15H,3-5,8,11-13,24H2,1-2H3. The van der Waals surface area contributed by atoms with Gasteiger partial charge in [0.1, 0.15) is 12.6 Å². The van der Waals surface area contributed by atoms with E-state index < -0.39 is 23.8 Å². The van der Waals surface area contributed by atoms with Crippen molar-refractivity contribution in [2.45, 2.75) is 45.4 Å². The fourth-order valence-electron chi connectivity index (χ4n) is 4.23. The lowest BCUT2D eigenvalue weighted by atomic mass is 10.1. The maximum absolute atomic E-state index is 13.6. The van der Waals surface area contributed by atoms with Crippen molar-refractivity contribution in [1.82, 2.24) is 23.7 Å². The van der Waals surface area contributed by atoms with Crippen LogP contribution in [-0.4, -0.2) is 55.9 Å². The molecule has 0 aliphatic carbocycles. The molecule has 178 valence electrons. The summed E-state index contributed by atoms with van der Waals surface area (Å²) in [5.74, 6) is -0.102. The van der Waals surface area contributed by atoms with Gasteiger partial charge in [-0.3, -0.25) is 23.7 Å². The van der Waals surface area contributed by atoms with Gasteiger partial charge in [-0.1, -0.05) is 0 Å². The molecule has 12 heteroatoms. The van der Waals surface area contributed by atoms with Crippen LogP contribution in [0.5, 0.6) is 0 Å². The Kier molecular flexibility index (Phi) is 6.47. The van der Waals surface area contributed by atoms with Gasteiger partial charge in [-0.25, -0.2) is 4.79 Å². The Bertz CT molecular complexity index is 1380. The van der Waals surface area contributed by atoms with E-state index in [1.807, 2.05) is 17.9 Å². The Hall–Kier alpha value is -3.98. The van der Waals surface area contributed by atoms with Crippen LogP contribution in [0, 0.1) is 11.3 Å². The van der Waals surface area contributed by atoms with Gasteiger partial charge in [0.15, 0.2) is 11.2 Å². The number of aryl methyl sites for hydroxylation is 1. The van der Waals surface area contributed by atoms with Gasteiger partial charge in [0.05, 0.1) is 24.9 Å². The number of piperidine rings is 1. The van der Waals surface area contributed by atoms with Crippen molar-refractivity contribution < 1.29 is 9.53 Å². The van der Waals surface area contributed by atoms with Crippen molar-refractivity contribution in [3.8, 4) is 6.07 Å². The summed E-state index contributed by atoms with van der Waals surface area (Å²) in [6.45, 7) is 3.09. The van der Waals surface area contributed by atoms with Crippen LogP contribution < -0.4 is 21.9 Å². The van der Waals surface area contributed by atoms with E-state index in [1.165, 1.54) is 13.3 Å². The molecule has 4 rings (SSSR count). The first-order valence-electron chi connectivity index (χ1n) is 11.0. The van der Waals surface area contributed by atoms with E-state index in [1.54, 1.807) is 16.7 Å². The van der Waals surface area contributed by atoms with Gasteiger partial charge in [0.2, 0.25) is 5.95 Å². The zero-order chi connectivity index (χ0) is 24.4. The van der Waals surface area contributed by atoms with Crippen molar-refractivity contribution >= 4 is 23.1 Å². The molecule has 0 saturated carbocycles. The van der Waals surface area contributed by atoms with Crippen LogP contribution in [0.4, 0.5) is 5.95 Å². The van der Waals surface area contributed by atoms with E-state index in [-0.39, 0.29) is 23.8 Å². The molecule has 1 aliphatic heterocycles. The number of nitriles is 1. The number of anilines is 1. The Morgan fingerprint density at radius 2 is 2.09 bits per heavy atom. The third-order valence-corrected chi connectivity index (χ3v) is 5.94. The highest BCUT2D eigenvalue weighted by Crippen LogP contribution is 2.23. The van der Waals surface area contributed by atoms with Crippen LogP contribution in [-0.2, 0) is 29.2 Å². The molecular weight excluding hydrogens is 440 g/mol. The second-order valence-corrected chi connectivity index (χ2v) is 8.16. The predicted molar refractivity (Wildman–Crippen MR) is 123 cm³/mol. The topological polar surface area (TPSA) is 154 Å². The second kappa shape index (κ2) is 9.48. The number of rotatable bonds is 6. The molecule has 34 heavy (non-hydrogen) atoms. The van der Waals surface area contributed by atoms with Gasteiger partial charge < -0.3 is 19.9 Å². The highest BCUT2D eigenvalue weighted by atomic mass is 16.5. The fraction of sp³-hybridized carbons (Fsp3) is 0.455.